The fraction of sp³-hybridized carbons (Fsp3) is 0.944. The molecule has 116 valence electrons. The minimum absolute atomic E-state index is 0.0409. The van der Waals surface area contributed by atoms with Crippen LogP contribution in [-0.2, 0) is 9.53 Å². The first kappa shape index (κ1) is 12.9. The van der Waals surface area contributed by atoms with Gasteiger partial charge in [-0.15, -0.1) is 0 Å². The van der Waals surface area contributed by atoms with Crippen LogP contribution in [0.3, 0.4) is 0 Å². The zero-order chi connectivity index (χ0) is 14.0. The zero-order valence-corrected chi connectivity index (χ0v) is 12.9. The lowest BCUT2D eigenvalue weighted by Gasteiger charge is -2.57. The average Bonchev–Trinajstić information content (AvgIpc) is 3.29. The second-order valence-corrected chi connectivity index (χ2v) is 8.68. The van der Waals surface area contributed by atoms with Crippen molar-refractivity contribution in [3.63, 3.8) is 0 Å². The highest BCUT2D eigenvalue weighted by atomic mass is 16.5. The molecule has 0 aromatic carbocycles. The highest BCUT2D eigenvalue weighted by molar-refractivity contribution is 5.83. The predicted octanol–water partition coefficient (Wildman–Crippen LogP) is 2.84. The minimum atomic E-state index is 0.0409. The second kappa shape index (κ2) is 4.47. The SMILES string of the molecule is O=C(N1CCOC[C@H]1C1CC1)C12CC3CC(CC(C3)C1)C2. The molecule has 3 nitrogen and oxygen atoms in total. The second-order valence-electron chi connectivity index (χ2n) is 8.68. The maximum atomic E-state index is 13.5. The van der Waals surface area contributed by atoms with E-state index in [-0.39, 0.29) is 5.41 Å². The lowest BCUT2D eigenvalue weighted by molar-refractivity contribution is -0.166. The van der Waals surface area contributed by atoms with Gasteiger partial charge in [0.15, 0.2) is 0 Å². The van der Waals surface area contributed by atoms with E-state index in [1.54, 1.807) is 0 Å². The van der Waals surface area contributed by atoms with E-state index in [1.807, 2.05) is 0 Å². The fourth-order valence-electron chi connectivity index (χ4n) is 6.42. The van der Waals surface area contributed by atoms with E-state index in [2.05, 4.69) is 4.90 Å². The summed E-state index contributed by atoms with van der Waals surface area (Å²) in [6, 6.07) is 0.402. The molecule has 5 aliphatic carbocycles. The third-order valence-electron chi connectivity index (χ3n) is 7.08. The van der Waals surface area contributed by atoms with Crippen LogP contribution in [0.15, 0.2) is 0 Å². The summed E-state index contributed by atoms with van der Waals surface area (Å²) in [4.78, 5) is 15.7. The zero-order valence-electron chi connectivity index (χ0n) is 12.9. The van der Waals surface area contributed by atoms with E-state index in [0.29, 0.717) is 11.9 Å². The first-order chi connectivity index (χ1) is 10.2. The number of carbonyl (C=O) groups excluding carboxylic acids is 1. The number of ether oxygens (including phenoxy) is 1. The molecule has 1 heterocycles. The quantitative estimate of drug-likeness (QED) is 0.782. The molecule has 1 aliphatic heterocycles. The summed E-state index contributed by atoms with van der Waals surface area (Å²) in [5, 5.41) is 0. The van der Waals surface area contributed by atoms with Gasteiger partial charge < -0.3 is 9.64 Å². The maximum Gasteiger partial charge on any atom is 0.229 e. The van der Waals surface area contributed by atoms with E-state index >= 15 is 0 Å². The Balaban J connectivity index is 1.42. The van der Waals surface area contributed by atoms with Crippen LogP contribution in [0.25, 0.3) is 0 Å². The van der Waals surface area contributed by atoms with Gasteiger partial charge in [-0.2, -0.15) is 0 Å². The van der Waals surface area contributed by atoms with Crippen LogP contribution in [-0.4, -0.2) is 36.6 Å². The van der Waals surface area contributed by atoms with Gasteiger partial charge in [-0.3, -0.25) is 4.79 Å². The summed E-state index contributed by atoms with van der Waals surface area (Å²) in [6.07, 6.45) is 10.5. The Labute approximate surface area is 127 Å². The van der Waals surface area contributed by atoms with Crippen LogP contribution in [0.2, 0.25) is 0 Å². The molecule has 1 saturated heterocycles. The van der Waals surface area contributed by atoms with Gasteiger partial charge in [-0.25, -0.2) is 0 Å². The number of amides is 1. The molecule has 21 heavy (non-hydrogen) atoms. The topological polar surface area (TPSA) is 29.5 Å². The molecule has 0 aromatic heterocycles. The molecule has 0 spiro atoms. The van der Waals surface area contributed by atoms with E-state index in [1.165, 1.54) is 51.4 Å². The van der Waals surface area contributed by atoms with Gasteiger partial charge in [0.2, 0.25) is 5.91 Å². The van der Waals surface area contributed by atoms with Crippen molar-refractivity contribution in [2.75, 3.05) is 19.8 Å². The van der Waals surface area contributed by atoms with Crippen molar-refractivity contribution < 1.29 is 9.53 Å². The summed E-state index contributed by atoms with van der Waals surface area (Å²) in [5.41, 5.74) is 0.0409. The molecular weight excluding hydrogens is 262 g/mol. The van der Waals surface area contributed by atoms with Crippen molar-refractivity contribution >= 4 is 5.91 Å². The Morgan fingerprint density at radius 2 is 1.62 bits per heavy atom. The van der Waals surface area contributed by atoms with Crippen LogP contribution in [0, 0.1) is 29.1 Å². The molecule has 6 rings (SSSR count). The molecule has 4 bridgehead atoms. The Morgan fingerprint density at radius 3 is 2.19 bits per heavy atom. The minimum Gasteiger partial charge on any atom is -0.377 e. The van der Waals surface area contributed by atoms with Gasteiger partial charge in [-0.05, 0) is 75.0 Å². The molecule has 6 aliphatic rings. The van der Waals surface area contributed by atoms with Crippen molar-refractivity contribution in [3.05, 3.63) is 0 Å². The number of rotatable bonds is 2. The normalized spacial score (nSPS) is 48.7. The molecular formula is C18H27NO2. The Hall–Kier alpha value is -0.570. The van der Waals surface area contributed by atoms with Gasteiger partial charge in [0, 0.05) is 6.54 Å². The summed E-state index contributed by atoms with van der Waals surface area (Å²) in [5.74, 6) is 3.85. The van der Waals surface area contributed by atoms with Gasteiger partial charge >= 0.3 is 0 Å². The van der Waals surface area contributed by atoms with Crippen molar-refractivity contribution in [1.82, 2.24) is 4.90 Å². The lowest BCUT2D eigenvalue weighted by atomic mass is 9.49. The highest BCUT2D eigenvalue weighted by Gasteiger charge is 2.56. The molecule has 0 unspecified atom stereocenters. The summed E-state index contributed by atoms with van der Waals surface area (Å²) in [7, 11) is 0. The van der Waals surface area contributed by atoms with E-state index < -0.39 is 0 Å². The Morgan fingerprint density at radius 1 is 1.00 bits per heavy atom. The molecule has 1 atom stereocenters. The van der Waals surface area contributed by atoms with Crippen LogP contribution in [0.5, 0.6) is 0 Å². The van der Waals surface area contributed by atoms with Crippen LogP contribution in [0.1, 0.15) is 51.4 Å². The molecule has 6 fully saturated rings. The third-order valence-corrected chi connectivity index (χ3v) is 7.08. The van der Waals surface area contributed by atoms with E-state index in [0.717, 1.165) is 43.4 Å². The maximum absolute atomic E-state index is 13.5. The van der Waals surface area contributed by atoms with E-state index in [4.69, 9.17) is 4.74 Å². The van der Waals surface area contributed by atoms with Gasteiger partial charge in [-0.1, -0.05) is 0 Å². The summed E-state index contributed by atoms with van der Waals surface area (Å²) < 4.78 is 5.69. The van der Waals surface area contributed by atoms with Crippen molar-refractivity contribution in [1.29, 1.82) is 0 Å². The summed E-state index contributed by atoms with van der Waals surface area (Å²) >= 11 is 0. The monoisotopic (exact) mass is 289 g/mol. The van der Waals surface area contributed by atoms with Crippen LogP contribution < -0.4 is 0 Å². The highest BCUT2D eigenvalue weighted by Crippen LogP contribution is 2.60. The van der Waals surface area contributed by atoms with Crippen LogP contribution in [0.4, 0.5) is 0 Å². The van der Waals surface area contributed by atoms with Crippen molar-refractivity contribution in [3.8, 4) is 0 Å². The predicted molar refractivity (Wildman–Crippen MR) is 79.6 cm³/mol. The Bertz CT molecular complexity index is 421. The fourth-order valence-corrected chi connectivity index (χ4v) is 6.42. The first-order valence-corrected chi connectivity index (χ1v) is 9.12. The standard InChI is InChI=1S/C18H27NO2/c20-17(19-3-4-21-11-16(19)15-1-2-15)18-8-12-5-13(9-18)7-14(6-12)10-18/h12-16H,1-11H2/t12?,13?,14?,16-,18?/m0/s1. The molecule has 3 heteroatoms. The number of hydrogen-bond acceptors (Lipinski definition) is 2. The molecule has 0 aromatic rings. The number of nitrogens with zero attached hydrogens (tertiary/aromatic N) is 1. The lowest BCUT2D eigenvalue weighted by Crippen LogP contribution is -2.59. The first-order valence-electron chi connectivity index (χ1n) is 9.12. The summed E-state index contributed by atoms with van der Waals surface area (Å²) in [6.45, 7) is 2.39. The number of hydrogen-bond donors (Lipinski definition) is 0. The Kier molecular flexibility index (Phi) is 2.75. The molecule has 1 amide bonds. The van der Waals surface area contributed by atoms with Crippen molar-refractivity contribution in [2.45, 2.75) is 57.4 Å². The molecule has 5 saturated carbocycles. The van der Waals surface area contributed by atoms with E-state index in [9.17, 15) is 4.79 Å². The smallest absolute Gasteiger partial charge is 0.229 e. The largest absolute Gasteiger partial charge is 0.377 e. The van der Waals surface area contributed by atoms with Gasteiger partial charge in [0.1, 0.15) is 0 Å². The molecule has 0 radical (unpaired) electrons. The number of carbonyl (C=O) groups is 1. The molecule has 0 N–H and O–H groups in total. The number of morpholine rings is 1. The van der Waals surface area contributed by atoms with Gasteiger partial charge in [0.25, 0.3) is 0 Å². The third kappa shape index (κ3) is 1.99. The van der Waals surface area contributed by atoms with Gasteiger partial charge in [0.05, 0.1) is 24.7 Å². The van der Waals surface area contributed by atoms with Crippen molar-refractivity contribution in [2.24, 2.45) is 29.1 Å². The van der Waals surface area contributed by atoms with Crippen LogP contribution >= 0.6 is 0 Å². The average molecular weight is 289 g/mol.